The summed E-state index contributed by atoms with van der Waals surface area (Å²) in [6, 6.07) is 4.62. The molecule has 1 N–H and O–H groups in total. The van der Waals surface area contributed by atoms with Crippen molar-refractivity contribution in [2.24, 2.45) is 0 Å². The van der Waals surface area contributed by atoms with E-state index in [0.717, 1.165) is 0 Å². The molecule has 0 saturated carbocycles. The Kier molecular flexibility index (Phi) is 4.19. The highest BCUT2D eigenvalue weighted by Crippen LogP contribution is 2.27. The van der Waals surface area contributed by atoms with Crippen LogP contribution in [0.25, 0.3) is 0 Å². The Morgan fingerprint density at radius 2 is 1.93 bits per heavy atom. The molecule has 3 heterocycles. The van der Waals surface area contributed by atoms with Crippen molar-refractivity contribution in [2.45, 2.75) is 18.2 Å². The number of carbonyl (C=O) groups is 2. The van der Waals surface area contributed by atoms with Gasteiger partial charge in [0.2, 0.25) is 21.8 Å². The van der Waals surface area contributed by atoms with Gasteiger partial charge in [0, 0.05) is 38.8 Å². The maximum Gasteiger partial charge on any atom is 0.311 e. The molecule has 1 aromatic carbocycles. The zero-order chi connectivity index (χ0) is 19.2. The van der Waals surface area contributed by atoms with Gasteiger partial charge in [0.25, 0.3) is 0 Å². The van der Waals surface area contributed by atoms with E-state index < -0.39 is 15.9 Å². The molecule has 2 aliphatic rings. The van der Waals surface area contributed by atoms with Crippen LogP contribution in [0.5, 0.6) is 0 Å². The first-order valence-electron chi connectivity index (χ1n) is 8.37. The number of sulfonamides is 1. The third kappa shape index (κ3) is 3.19. The number of benzene rings is 1. The number of aromatic nitrogens is 2. The van der Waals surface area contributed by atoms with Crippen molar-refractivity contribution in [3.05, 3.63) is 35.5 Å². The molecule has 0 unspecified atom stereocenters. The number of anilines is 1. The predicted molar refractivity (Wildman–Crippen MR) is 92.5 cm³/mol. The van der Waals surface area contributed by atoms with Crippen LogP contribution in [-0.2, 0) is 21.2 Å². The Morgan fingerprint density at radius 1 is 1.19 bits per heavy atom. The molecule has 0 aliphatic carbocycles. The SMILES string of the molecule is Cc1nnc(C(=O)N2CCN(S(=O)(=O)c3ccc4c(c3)CC(=O)N4)CC2)o1. The molecule has 2 aromatic rings. The number of hydrogen-bond acceptors (Lipinski definition) is 7. The maximum atomic E-state index is 12.9. The summed E-state index contributed by atoms with van der Waals surface area (Å²) >= 11 is 0. The number of aryl methyl sites for hydroxylation is 1. The van der Waals surface area contributed by atoms with Gasteiger partial charge in [-0.15, -0.1) is 10.2 Å². The number of fused-ring (bicyclic) bond motifs is 1. The average molecular weight is 391 g/mol. The van der Waals surface area contributed by atoms with E-state index in [4.69, 9.17) is 4.42 Å². The van der Waals surface area contributed by atoms with Crippen LogP contribution in [0.1, 0.15) is 22.1 Å². The quantitative estimate of drug-likeness (QED) is 0.782. The van der Waals surface area contributed by atoms with Gasteiger partial charge in [0.05, 0.1) is 11.3 Å². The molecule has 0 atom stereocenters. The number of piperazine rings is 1. The van der Waals surface area contributed by atoms with E-state index in [2.05, 4.69) is 15.5 Å². The third-order valence-corrected chi connectivity index (χ3v) is 6.47. The largest absolute Gasteiger partial charge is 0.417 e. The first-order valence-corrected chi connectivity index (χ1v) is 9.81. The van der Waals surface area contributed by atoms with Gasteiger partial charge in [-0.2, -0.15) is 4.31 Å². The molecule has 4 rings (SSSR count). The lowest BCUT2D eigenvalue weighted by atomic mass is 10.2. The Labute approximate surface area is 155 Å². The van der Waals surface area contributed by atoms with Crippen LogP contribution in [0.3, 0.4) is 0 Å². The molecule has 142 valence electrons. The van der Waals surface area contributed by atoms with Crippen molar-refractivity contribution >= 4 is 27.5 Å². The summed E-state index contributed by atoms with van der Waals surface area (Å²) in [6.45, 7) is 2.37. The molecule has 2 amide bonds. The minimum Gasteiger partial charge on any atom is -0.417 e. The first-order chi connectivity index (χ1) is 12.8. The van der Waals surface area contributed by atoms with E-state index in [1.165, 1.54) is 21.3 Å². The Hall–Kier alpha value is -2.79. The van der Waals surface area contributed by atoms with Crippen LogP contribution in [0.15, 0.2) is 27.5 Å². The van der Waals surface area contributed by atoms with Crippen LogP contribution in [0.4, 0.5) is 5.69 Å². The van der Waals surface area contributed by atoms with Crippen LogP contribution < -0.4 is 5.32 Å². The number of nitrogens with one attached hydrogen (secondary N) is 1. The topological polar surface area (TPSA) is 126 Å². The van der Waals surface area contributed by atoms with E-state index in [1.807, 2.05) is 0 Å². The summed E-state index contributed by atoms with van der Waals surface area (Å²) in [5.74, 6) is -0.360. The van der Waals surface area contributed by atoms with Gasteiger partial charge in [0.15, 0.2) is 0 Å². The summed E-state index contributed by atoms with van der Waals surface area (Å²) in [5.41, 5.74) is 1.31. The molecule has 27 heavy (non-hydrogen) atoms. The van der Waals surface area contributed by atoms with E-state index >= 15 is 0 Å². The number of amides is 2. The highest BCUT2D eigenvalue weighted by molar-refractivity contribution is 7.89. The van der Waals surface area contributed by atoms with E-state index in [1.54, 1.807) is 13.0 Å². The molecule has 1 aromatic heterocycles. The lowest BCUT2D eigenvalue weighted by Crippen LogP contribution is -2.50. The number of hydrogen-bond donors (Lipinski definition) is 1. The standard InChI is InChI=1S/C16H17N5O5S/c1-10-18-19-15(26-10)16(23)20-4-6-21(7-5-20)27(24,25)12-2-3-13-11(8-12)9-14(22)17-13/h2-3,8H,4-7,9H2,1H3,(H,17,22). The minimum atomic E-state index is -3.71. The Bertz CT molecular complexity index is 1020. The lowest BCUT2D eigenvalue weighted by molar-refractivity contribution is -0.115. The van der Waals surface area contributed by atoms with Crippen molar-refractivity contribution in [2.75, 3.05) is 31.5 Å². The highest BCUT2D eigenvalue weighted by atomic mass is 32.2. The molecule has 0 radical (unpaired) electrons. The van der Waals surface area contributed by atoms with Crippen LogP contribution in [0.2, 0.25) is 0 Å². The van der Waals surface area contributed by atoms with Gasteiger partial charge >= 0.3 is 11.8 Å². The molecular weight excluding hydrogens is 374 g/mol. The van der Waals surface area contributed by atoms with Gasteiger partial charge < -0.3 is 14.6 Å². The molecule has 1 saturated heterocycles. The fourth-order valence-corrected chi connectivity index (χ4v) is 4.64. The molecule has 10 nitrogen and oxygen atoms in total. The number of nitrogens with zero attached hydrogens (tertiary/aromatic N) is 4. The van der Waals surface area contributed by atoms with Gasteiger partial charge in [-0.05, 0) is 23.8 Å². The lowest BCUT2D eigenvalue weighted by Gasteiger charge is -2.33. The molecule has 1 fully saturated rings. The van der Waals surface area contributed by atoms with Crippen LogP contribution in [-0.4, -0.2) is 65.8 Å². The normalized spacial score (nSPS) is 17.7. The summed E-state index contributed by atoms with van der Waals surface area (Å²) in [7, 11) is -3.71. The van der Waals surface area contributed by atoms with Gasteiger partial charge in [0.1, 0.15) is 0 Å². The monoisotopic (exact) mass is 391 g/mol. The van der Waals surface area contributed by atoms with Crippen molar-refractivity contribution in [3.63, 3.8) is 0 Å². The number of carbonyl (C=O) groups excluding carboxylic acids is 2. The Balaban J connectivity index is 1.47. The molecule has 0 bridgehead atoms. The summed E-state index contributed by atoms with van der Waals surface area (Å²) < 4.78 is 32.3. The van der Waals surface area contributed by atoms with Crippen LogP contribution >= 0.6 is 0 Å². The maximum absolute atomic E-state index is 12.9. The van der Waals surface area contributed by atoms with Gasteiger partial charge in [-0.3, -0.25) is 9.59 Å². The van der Waals surface area contributed by atoms with Crippen LogP contribution in [0, 0.1) is 6.92 Å². The smallest absolute Gasteiger partial charge is 0.311 e. The van der Waals surface area contributed by atoms with Crippen molar-refractivity contribution in [3.8, 4) is 0 Å². The minimum absolute atomic E-state index is 0.0976. The van der Waals surface area contributed by atoms with Gasteiger partial charge in [-0.25, -0.2) is 8.42 Å². The summed E-state index contributed by atoms with van der Waals surface area (Å²) in [6.07, 6.45) is 0.171. The fraction of sp³-hybridized carbons (Fsp3) is 0.375. The van der Waals surface area contributed by atoms with Crippen molar-refractivity contribution < 1.29 is 22.4 Å². The second kappa shape index (κ2) is 6.43. The zero-order valence-corrected chi connectivity index (χ0v) is 15.3. The van der Waals surface area contributed by atoms with E-state index in [0.29, 0.717) is 17.1 Å². The summed E-state index contributed by atoms with van der Waals surface area (Å²) in [4.78, 5) is 25.4. The predicted octanol–water partition coefficient (Wildman–Crippen LogP) is 0.0193. The second-order valence-corrected chi connectivity index (χ2v) is 8.30. The Morgan fingerprint density at radius 3 is 2.59 bits per heavy atom. The summed E-state index contributed by atoms with van der Waals surface area (Å²) in [5, 5.41) is 10.0. The fourth-order valence-electron chi connectivity index (χ4n) is 3.16. The van der Waals surface area contributed by atoms with E-state index in [9.17, 15) is 18.0 Å². The van der Waals surface area contributed by atoms with Crippen molar-refractivity contribution in [1.82, 2.24) is 19.4 Å². The van der Waals surface area contributed by atoms with E-state index in [-0.39, 0.29) is 49.3 Å². The van der Waals surface area contributed by atoms with Crippen molar-refractivity contribution in [1.29, 1.82) is 0 Å². The molecule has 2 aliphatic heterocycles. The molecular formula is C16H17N5O5S. The first kappa shape index (κ1) is 17.6. The third-order valence-electron chi connectivity index (χ3n) is 4.57. The number of rotatable bonds is 3. The highest BCUT2D eigenvalue weighted by Gasteiger charge is 2.32. The molecule has 11 heteroatoms. The average Bonchev–Trinajstić information content (AvgIpc) is 3.25. The van der Waals surface area contributed by atoms with Gasteiger partial charge in [-0.1, -0.05) is 0 Å². The molecule has 0 spiro atoms. The second-order valence-electron chi connectivity index (χ2n) is 6.37. The zero-order valence-electron chi connectivity index (χ0n) is 14.5.